The van der Waals surface area contributed by atoms with Gasteiger partial charge in [-0.3, -0.25) is 4.98 Å². The molecule has 5 heteroatoms. The van der Waals surface area contributed by atoms with Crippen LogP contribution in [0.3, 0.4) is 0 Å². The molecule has 4 nitrogen and oxygen atoms in total. The third-order valence-electron chi connectivity index (χ3n) is 2.44. The first kappa shape index (κ1) is 12.1. The lowest BCUT2D eigenvalue weighted by Crippen LogP contribution is -2.03. The second-order valence-electron chi connectivity index (χ2n) is 3.83. The molecule has 0 atom stereocenters. The van der Waals surface area contributed by atoms with Gasteiger partial charge >= 0.3 is 0 Å². The number of aromatic nitrogens is 3. The van der Waals surface area contributed by atoms with Crippen LogP contribution in [0.4, 0.5) is 5.69 Å². The highest BCUT2D eigenvalue weighted by Gasteiger charge is 1.94. The molecule has 2 rings (SSSR count). The minimum Gasteiger partial charge on any atom is -0.384 e. The van der Waals surface area contributed by atoms with Crippen LogP contribution in [0.25, 0.3) is 0 Å². The van der Waals surface area contributed by atoms with Crippen LogP contribution < -0.4 is 5.32 Å². The van der Waals surface area contributed by atoms with Crippen LogP contribution in [0, 0.1) is 0 Å². The summed E-state index contributed by atoms with van der Waals surface area (Å²) < 4.78 is 3.10. The first-order valence-corrected chi connectivity index (χ1v) is 6.44. The van der Waals surface area contributed by atoms with Crippen LogP contribution in [0.1, 0.15) is 12.8 Å². The summed E-state index contributed by atoms with van der Waals surface area (Å²) in [6, 6.07) is 2.03. The van der Waals surface area contributed by atoms with E-state index in [-0.39, 0.29) is 0 Å². The molecule has 0 fully saturated rings. The fourth-order valence-corrected chi connectivity index (χ4v) is 1.94. The number of rotatable bonds is 6. The summed E-state index contributed by atoms with van der Waals surface area (Å²) in [7, 11) is 0. The van der Waals surface area contributed by atoms with Crippen molar-refractivity contribution in [1.29, 1.82) is 0 Å². The maximum absolute atomic E-state index is 4.10. The number of pyridine rings is 1. The molecule has 0 aromatic carbocycles. The SMILES string of the molecule is Brc1cncc(NCCCCn2ccnc2)c1. The lowest BCUT2D eigenvalue weighted by molar-refractivity contribution is 0.621. The summed E-state index contributed by atoms with van der Waals surface area (Å²) in [5.41, 5.74) is 1.06. The predicted molar refractivity (Wildman–Crippen MR) is 71.9 cm³/mol. The molecule has 0 unspecified atom stereocenters. The Morgan fingerprint density at radius 3 is 2.94 bits per heavy atom. The zero-order chi connectivity index (χ0) is 11.9. The highest BCUT2D eigenvalue weighted by atomic mass is 79.9. The minimum atomic E-state index is 0.965. The Morgan fingerprint density at radius 2 is 2.18 bits per heavy atom. The van der Waals surface area contributed by atoms with Gasteiger partial charge in [-0.1, -0.05) is 0 Å². The fraction of sp³-hybridized carbons (Fsp3) is 0.333. The van der Waals surface area contributed by atoms with Crippen LogP contribution in [0.2, 0.25) is 0 Å². The lowest BCUT2D eigenvalue weighted by Gasteiger charge is -2.06. The van der Waals surface area contributed by atoms with E-state index in [1.807, 2.05) is 31.0 Å². The molecular formula is C12H15BrN4. The third-order valence-corrected chi connectivity index (χ3v) is 2.87. The van der Waals surface area contributed by atoms with E-state index in [1.165, 1.54) is 0 Å². The van der Waals surface area contributed by atoms with Crippen molar-refractivity contribution < 1.29 is 0 Å². The number of halogens is 1. The molecule has 0 bridgehead atoms. The van der Waals surface area contributed by atoms with Crippen molar-refractivity contribution in [2.24, 2.45) is 0 Å². The van der Waals surface area contributed by atoms with Crippen molar-refractivity contribution in [2.45, 2.75) is 19.4 Å². The first-order chi connectivity index (χ1) is 8.34. The second-order valence-corrected chi connectivity index (χ2v) is 4.74. The Morgan fingerprint density at radius 1 is 1.24 bits per heavy atom. The van der Waals surface area contributed by atoms with Gasteiger partial charge in [-0.15, -0.1) is 0 Å². The number of aryl methyl sites for hydroxylation is 1. The third kappa shape index (κ3) is 4.19. The van der Waals surface area contributed by atoms with Gasteiger partial charge in [-0.2, -0.15) is 0 Å². The Bertz CT molecular complexity index is 442. The zero-order valence-electron chi connectivity index (χ0n) is 9.51. The monoisotopic (exact) mass is 294 g/mol. The molecule has 2 heterocycles. The smallest absolute Gasteiger partial charge is 0.0945 e. The maximum Gasteiger partial charge on any atom is 0.0945 e. The quantitative estimate of drug-likeness (QED) is 0.833. The highest BCUT2D eigenvalue weighted by Crippen LogP contribution is 2.13. The van der Waals surface area contributed by atoms with Crippen LogP contribution in [-0.4, -0.2) is 21.1 Å². The topological polar surface area (TPSA) is 42.7 Å². The number of anilines is 1. The van der Waals surface area contributed by atoms with E-state index in [2.05, 4.69) is 35.8 Å². The Labute approximate surface area is 109 Å². The number of nitrogens with zero attached hydrogens (tertiary/aromatic N) is 3. The van der Waals surface area contributed by atoms with Crippen molar-refractivity contribution in [3.63, 3.8) is 0 Å². The molecular weight excluding hydrogens is 280 g/mol. The van der Waals surface area contributed by atoms with Crippen LogP contribution in [0.15, 0.2) is 41.7 Å². The van der Waals surface area contributed by atoms with Crippen molar-refractivity contribution >= 4 is 21.6 Å². The van der Waals surface area contributed by atoms with Gasteiger partial charge in [-0.05, 0) is 34.8 Å². The molecule has 0 amide bonds. The summed E-state index contributed by atoms with van der Waals surface area (Å²) >= 11 is 3.40. The van der Waals surface area contributed by atoms with E-state index >= 15 is 0 Å². The van der Waals surface area contributed by atoms with Crippen molar-refractivity contribution in [3.8, 4) is 0 Å². The van der Waals surface area contributed by atoms with Gasteiger partial charge in [-0.25, -0.2) is 4.98 Å². The summed E-state index contributed by atoms with van der Waals surface area (Å²) in [5.74, 6) is 0. The molecule has 17 heavy (non-hydrogen) atoms. The van der Waals surface area contributed by atoms with Crippen molar-refractivity contribution in [3.05, 3.63) is 41.7 Å². The van der Waals surface area contributed by atoms with Gasteiger partial charge < -0.3 is 9.88 Å². The number of nitrogens with one attached hydrogen (secondary N) is 1. The molecule has 0 aliphatic carbocycles. The molecule has 0 aliphatic rings. The van der Waals surface area contributed by atoms with Crippen molar-refractivity contribution in [1.82, 2.24) is 14.5 Å². The minimum absolute atomic E-state index is 0.965. The summed E-state index contributed by atoms with van der Waals surface area (Å²) in [6.45, 7) is 1.99. The normalized spacial score (nSPS) is 10.4. The number of imidazole rings is 1. The average Bonchev–Trinajstić information content (AvgIpc) is 2.82. The van der Waals surface area contributed by atoms with E-state index in [0.717, 1.165) is 36.1 Å². The molecule has 2 aromatic rings. The first-order valence-electron chi connectivity index (χ1n) is 5.65. The molecule has 0 saturated carbocycles. The van der Waals surface area contributed by atoms with Gasteiger partial charge in [0.2, 0.25) is 0 Å². The molecule has 0 spiro atoms. The number of hydrogen-bond donors (Lipinski definition) is 1. The molecule has 1 N–H and O–H groups in total. The van der Waals surface area contributed by atoms with E-state index in [9.17, 15) is 0 Å². The maximum atomic E-state index is 4.10. The number of hydrogen-bond acceptors (Lipinski definition) is 3. The van der Waals surface area contributed by atoms with E-state index < -0.39 is 0 Å². The van der Waals surface area contributed by atoms with Gasteiger partial charge in [0, 0.05) is 36.2 Å². The van der Waals surface area contributed by atoms with Gasteiger partial charge in [0.15, 0.2) is 0 Å². The highest BCUT2D eigenvalue weighted by molar-refractivity contribution is 9.10. The van der Waals surface area contributed by atoms with Crippen molar-refractivity contribution in [2.75, 3.05) is 11.9 Å². The Kier molecular flexibility index (Phi) is 4.55. The lowest BCUT2D eigenvalue weighted by atomic mass is 10.3. The fourth-order valence-electron chi connectivity index (χ4n) is 1.58. The second kappa shape index (κ2) is 6.39. The molecule has 2 aromatic heterocycles. The largest absolute Gasteiger partial charge is 0.384 e. The summed E-state index contributed by atoms with van der Waals surface area (Å²) in [5, 5.41) is 3.35. The predicted octanol–water partition coefficient (Wildman–Crippen LogP) is 2.93. The standard InChI is InChI=1S/C12H15BrN4/c13-11-7-12(9-15-8-11)16-3-1-2-5-17-6-4-14-10-17/h4,6-10,16H,1-3,5H2. The van der Waals surface area contributed by atoms with Crippen LogP contribution in [0.5, 0.6) is 0 Å². The zero-order valence-corrected chi connectivity index (χ0v) is 11.1. The van der Waals surface area contributed by atoms with Gasteiger partial charge in [0.1, 0.15) is 0 Å². The molecule has 0 aliphatic heterocycles. The number of unbranched alkanes of at least 4 members (excludes halogenated alkanes) is 1. The van der Waals surface area contributed by atoms with Crippen LogP contribution >= 0.6 is 15.9 Å². The van der Waals surface area contributed by atoms with E-state index in [1.54, 1.807) is 6.20 Å². The molecule has 90 valence electrons. The molecule has 0 saturated heterocycles. The average molecular weight is 295 g/mol. The van der Waals surface area contributed by atoms with E-state index in [0.29, 0.717) is 0 Å². The van der Waals surface area contributed by atoms with Gasteiger partial charge in [0.05, 0.1) is 18.2 Å². The Balaban J connectivity index is 1.63. The molecule has 0 radical (unpaired) electrons. The van der Waals surface area contributed by atoms with E-state index in [4.69, 9.17) is 0 Å². The Hall–Kier alpha value is -1.36. The van der Waals surface area contributed by atoms with Gasteiger partial charge in [0.25, 0.3) is 0 Å². The van der Waals surface area contributed by atoms with Crippen LogP contribution in [-0.2, 0) is 6.54 Å². The summed E-state index contributed by atoms with van der Waals surface area (Å²) in [4.78, 5) is 8.11. The summed E-state index contributed by atoms with van der Waals surface area (Å²) in [6.07, 6.45) is 11.5.